The lowest BCUT2D eigenvalue weighted by molar-refractivity contribution is -0.132. The maximum absolute atomic E-state index is 12.1. The molecule has 2 aliphatic heterocycles. The minimum Gasteiger partial charge on any atom is -0.374 e. The Hall–Kier alpha value is -0.610. The molecule has 4 nitrogen and oxygen atoms in total. The number of carbonyl (C=O) groups is 1. The van der Waals surface area contributed by atoms with Gasteiger partial charge in [-0.1, -0.05) is 0 Å². The van der Waals surface area contributed by atoms with Gasteiger partial charge in [0.25, 0.3) is 0 Å². The fraction of sp³-hybridized carbons (Fsp3) is 0.923. The lowest BCUT2D eigenvalue weighted by Crippen LogP contribution is -2.48. The van der Waals surface area contributed by atoms with Gasteiger partial charge in [0.1, 0.15) is 0 Å². The summed E-state index contributed by atoms with van der Waals surface area (Å²) in [6.07, 6.45) is 4.52. The van der Waals surface area contributed by atoms with Crippen LogP contribution in [0.5, 0.6) is 0 Å². The number of likely N-dealkylation sites (tertiary alicyclic amines) is 1. The molecule has 0 aromatic rings. The third kappa shape index (κ3) is 3.19. The summed E-state index contributed by atoms with van der Waals surface area (Å²) in [4.78, 5) is 14.0. The Labute approximate surface area is 104 Å². The van der Waals surface area contributed by atoms with Gasteiger partial charge in [-0.2, -0.15) is 0 Å². The van der Waals surface area contributed by atoms with Gasteiger partial charge in [0.2, 0.25) is 5.91 Å². The molecular weight excluding hydrogens is 216 g/mol. The normalized spacial score (nSPS) is 30.8. The van der Waals surface area contributed by atoms with Crippen molar-refractivity contribution < 1.29 is 9.53 Å². The molecule has 4 heteroatoms. The van der Waals surface area contributed by atoms with E-state index < -0.39 is 0 Å². The van der Waals surface area contributed by atoms with Crippen molar-refractivity contribution in [2.75, 3.05) is 26.2 Å². The van der Waals surface area contributed by atoms with E-state index in [1.807, 2.05) is 11.8 Å². The van der Waals surface area contributed by atoms with Crippen LogP contribution < -0.4 is 5.32 Å². The highest BCUT2D eigenvalue weighted by Gasteiger charge is 2.31. The Bertz CT molecular complexity index is 269. The topological polar surface area (TPSA) is 41.6 Å². The number of amides is 1. The molecule has 0 radical (unpaired) electrons. The summed E-state index contributed by atoms with van der Waals surface area (Å²) in [5, 5.41) is 3.33. The van der Waals surface area contributed by atoms with E-state index in [1.165, 1.54) is 0 Å². The van der Waals surface area contributed by atoms with Crippen LogP contribution in [0.3, 0.4) is 0 Å². The lowest BCUT2D eigenvalue weighted by Gasteiger charge is -2.27. The first-order chi connectivity index (χ1) is 8.11. The first kappa shape index (κ1) is 12.8. The first-order valence-electron chi connectivity index (χ1n) is 6.77. The quantitative estimate of drug-likeness (QED) is 0.801. The van der Waals surface area contributed by atoms with Gasteiger partial charge < -0.3 is 15.0 Å². The van der Waals surface area contributed by atoms with E-state index in [2.05, 4.69) is 12.2 Å². The van der Waals surface area contributed by atoms with Crippen LogP contribution in [-0.4, -0.2) is 48.7 Å². The number of carbonyl (C=O) groups excluding carboxylic acids is 1. The molecule has 0 aromatic carbocycles. The van der Waals surface area contributed by atoms with Gasteiger partial charge >= 0.3 is 0 Å². The molecule has 0 aromatic heterocycles. The van der Waals surface area contributed by atoms with Crippen LogP contribution >= 0.6 is 0 Å². The zero-order chi connectivity index (χ0) is 12.3. The number of nitrogens with one attached hydrogen (secondary N) is 1. The third-order valence-corrected chi connectivity index (χ3v) is 3.87. The lowest BCUT2D eigenvalue weighted by atomic mass is 10.0. The highest BCUT2D eigenvalue weighted by atomic mass is 16.5. The van der Waals surface area contributed by atoms with E-state index >= 15 is 0 Å². The van der Waals surface area contributed by atoms with Crippen LogP contribution in [0.25, 0.3) is 0 Å². The van der Waals surface area contributed by atoms with Crippen molar-refractivity contribution >= 4 is 5.91 Å². The molecular formula is C13H24N2O2. The Morgan fingerprint density at radius 2 is 2.12 bits per heavy atom. The Morgan fingerprint density at radius 1 is 1.41 bits per heavy atom. The highest BCUT2D eigenvalue weighted by molar-refractivity contribution is 5.81. The van der Waals surface area contributed by atoms with E-state index in [1.54, 1.807) is 0 Å². The maximum atomic E-state index is 12.1. The predicted molar refractivity (Wildman–Crippen MR) is 66.9 cm³/mol. The molecule has 1 amide bonds. The summed E-state index contributed by atoms with van der Waals surface area (Å²) in [6, 6.07) is -0.0888. The van der Waals surface area contributed by atoms with Crippen molar-refractivity contribution in [2.45, 2.75) is 51.2 Å². The van der Waals surface area contributed by atoms with E-state index in [4.69, 9.17) is 4.74 Å². The molecule has 0 bridgehead atoms. The molecule has 2 saturated heterocycles. The highest BCUT2D eigenvalue weighted by Crippen LogP contribution is 2.24. The molecule has 0 spiro atoms. The Kier molecular flexibility index (Phi) is 4.05. The van der Waals surface area contributed by atoms with Crippen LogP contribution in [0.15, 0.2) is 0 Å². The van der Waals surface area contributed by atoms with E-state index in [0.29, 0.717) is 0 Å². The van der Waals surface area contributed by atoms with Crippen LogP contribution in [-0.2, 0) is 9.53 Å². The zero-order valence-electron chi connectivity index (χ0n) is 11.0. The predicted octanol–water partition coefficient (Wildman–Crippen LogP) is 1.16. The molecule has 1 N–H and O–H groups in total. The molecule has 2 heterocycles. The summed E-state index contributed by atoms with van der Waals surface area (Å²) in [7, 11) is 0. The smallest absolute Gasteiger partial charge is 0.239 e. The molecule has 17 heavy (non-hydrogen) atoms. The second-order valence-corrected chi connectivity index (χ2v) is 5.54. The number of rotatable bonds is 4. The zero-order valence-corrected chi connectivity index (χ0v) is 11.0. The largest absolute Gasteiger partial charge is 0.374 e. The van der Waals surface area contributed by atoms with Crippen molar-refractivity contribution in [2.24, 2.45) is 0 Å². The molecule has 2 atom stereocenters. The van der Waals surface area contributed by atoms with Crippen LogP contribution in [0, 0.1) is 0 Å². The molecule has 2 fully saturated rings. The van der Waals surface area contributed by atoms with Gasteiger partial charge in [-0.05, 0) is 39.5 Å². The molecule has 2 aliphatic rings. The summed E-state index contributed by atoms with van der Waals surface area (Å²) in [5.74, 6) is 0.240. The number of nitrogens with zero attached hydrogens (tertiary/aromatic N) is 1. The number of hydrogen-bond donors (Lipinski definition) is 1. The van der Waals surface area contributed by atoms with Gasteiger partial charge in [-0.25, -0.2) is 0 Å². The second-order valence-electron chi connectivity index (χ2n) is 5.54. The van der Waals surface area contributed by atoms with E-state index in [9.17, 15) is 4.79 Å². The summed E-state index contributed by atoms with van der Waals surface area (Å²) >= 11 is 0. The van der Waals surface area contributed by atoms with Crippen molar-refractivity contribution in [1.82, 2.24) is 10.2 Å². The molecule has 0 aliphatic carbocycles. The molecule has 2 unspecified atom stereocenters. The average molecular weight is 240 g/mol. The van der Waals surface area contributed by atoms with Crippen LogP contribution in [0.1, 0.15) is 39.5 Å². The van der Waals surface area contributed by atoms with Gasteiger partial charge in [-0.15, -0.1) is 0 Å². The fourth-order valence-corrected chi connectivity index (χ4v) is 2.64. The summed E-state index contributed by atoms with van der Waals surface area (Å²) in [6.45, 7) is 7.57. The second kappa shape index (κ2) is 5.36. The van der Waals surface area contributed by atoms with E-state index in [0.717, 1.165) is 51.9 Å². The summed E-state index contributed by atoms with van der Waals surface area (Å²) in [5.41, 5.74) is -0.0699. The minimum absolute atomic E-state index is 0.0699. The minimum atomic E-state index is -0.0888. The SMILES string of the molecule is CC(NCC1(C)CCCO1)C(=O)N1CCCC1. The van der Waals surface area contributed by atoms with Crippen LogP contribution in [0.4, 0.5) is 0 Å². The van der Waals surface area contributed by atoms with Crippen LogP contribution in [0.2, 0.25) is 0 Å². The monoisotopic (exact) mass is 240 g/mol. The van der Waals surface area contributed by atoms with Crippen molar-refractivity contribution in [1.29, 1.82) is 0 Å². The standard InChI is InChI=1S/C13H24N2O2/c1-11(12(16)15-7-3-4-8-15)14-10-13(2)6-5-9-17-13/h11,14H,3-10H2,1-2H3. The number of hydrogen-bond acceptors (Lipinski definition) is 3. The molecule has 2 rings (SSSR count). The van der Waals surface area contributed by atoms with Gasteiger partial charge in [0, 0.05) is 26.2 Å². The Morgan fingerprint density at radius 3 is 2.71 bits per heavy atom. The third-order valence-electron chi connectivity index (χ3n) is 3.87. The van der Waals surface area contributed by atoms with Gasteiger partial charge in [0.05, 0.1) is 11.6 Å². The van der Waals surface area contributed by atoms with Crippen molar-refractivity contribution in [3.05, 3.63) is 0 Å². The number of ether oxygens (including phenoxy) is 1. The Balaban J connectivity index is 1.76. The molecule has 0 saturated carbocycles. The maximum Gasteiger partial charge on any atom is 0.239 e. The fourth-order valence-electron chi connectivity index (χ4n) is 2.64. The van der Waals surface area contributed by atoms with Gasteiger partial charge in [-0.3, -0.25) is 4.79 Å². The first-order valence-corrected chi connectivity index (χ1v) is 6.77. The van der Waals surface area contributed by atoms with Crippen molar-refractivity contribution in [3.63, 3.8) is 0 Å². The van der Waals surface area contributed by atoms with E-state index in [-0.39, 0.29) is 17.6 Å². The summed E-state index contributed by atoms with van der Waals surface area (Å²) < 4.78 is 5.71. The molecule has 98 valence electrons. The average Bonchev–Trinajstić information content (AvgIpc) is 2.96. The van der Waals surface area contributed by atoms with Crippen molar-refractivity contribution in [3.8, 4) is 0 Å². The van der Waals surface area contributed by atoms with Gasteiger partial charge in [0.15, 0.2) is 0 Å².